The van der Waals surface area contributed by atoms with Crippen LogP contribution in [0, 0.1) is 10.6 Å². The Balaban J connectivity index is 3.40. The molecule has 6 heteroatoms. The highest BCUT2D eigenvalue weighted by Gasteiger charge is 2.23. The van der Waals surface area contributed by atoms with Crippen molar-refractivity contribution in [2.75, 3.05) is 7.11 Å². The van der Waals surface area contributed by atoms with Gasteiger partial charge in [-0.15, -0.1) is 0 Å². The minimum atomic E-state index is -2.74. The standard InChI is InChI=1S/C9H8F2INO2/c1-4-3-5(9(14)15-2)6(7(10)11)8(12)13-4/h3,7H,1-2H3. The highest BCUT2D eigenvalue weighted by atomic mass is 127. The Morgan fingerprint density at radius 2 is 2.20 bits per heavy atom. The highest BCUT2D eigenvalue weighted by molar-refractivity contribution is 14.1. The molecule has 0 atom stereocenters. The lowest BCUT2D eigenvalue weighted by Crippen LogP contribution is -2.10. The van der Waals surface area contributed by atoms with E-state index in [0.717, 1.165) is 7.11 Å². The normalized spacial score (nSPS) is 10.5. The van der Waals surface area contributed by atoms with Gasteiger partial charge in [0.1, 0.15) is 3.70 Å². The quantitative estimate of drug-likeness (QED) is 0.476. The second kappa shape index (κ2) is 4.82. The molecule has 82 valence electrons. The summed E-state index contributed by atoms with van der Waals surface area (Å²) in [5.41, 5.74) is 0.0154. The third-order valence-corrected chi connectivity index (χ3v) is 2.59. The Kier molecular flexibility index (Phi) is 3.95. The third-order valence-electron chi connectivity index (χ3n) is 1.76. The van der Waals surface area contributed by atoms with Crippen molar-refractivity contribution in [2.45, 2.75) is 13.3 Å². The molecule has 3 nitrogen and oxygen atoms in total. The molecule has 0 fully saturated rings. The number of hydrogen-bond acceptors (Lipinski definition) is 3. The van der Waals surface area contributed by atoms with Crippen molar-refractivity contribution < 1.29 is 18.3 Å². The van der Waals surface area contributed by atoms with Gasteiger partial charge < -0.3 is 4.74 Å². The molecule has 0 saturated carbocycles. The number of aromatic nitrogens is 1. The van der Waals surface area contributed by atoms with Crippen LogP contribution in [-0.2, 0) is 4.74 Å². The molecule has 0 amide bonds. The Bertz CT molecular complexity index is 396. The van der Waals surface area contributed by atoms with Gasteiger partial charge in [-0.2, -0.15) is 0 Å². The smallest absolute Gasteiger partial charge is 0.338 e. The Hall–Kier alpha value is -0.790. The van der Waals surface area contributed by atoms with E-state index in [-0.39, 0.29) is 14.8 Å². The molecule has 1 rings (SSSR count). The zero-order valence-corrected chi connectivity index (χ0v) is 10.2. The summed E-state index contributed by atoms with van der Waals surface area (Å²) in [5, 5.41) is 0. The van der Waals surface area contributed by atoms with Crippen LogP contribution in [0.15, 0.2) is 6.07 Å². The fraction of sp³-hybridized carbons (Fsp3) is 0.333. The SMILES string of the molecule is COC(=O)c1cc(C)nc(I)c1C(F)F. The summed E-state index contributed by atoms with van der Waals surface area (Å²) in [6.45, 7) is 1.63. The summed E-state index contributed by atoms with van der Waals surface area (Å²) >= 11 is 1.68. The molecule has 0 N–H and O–H groups in total. The summed E-state index contributed by atoms with van der Waals surface area (Å²) in [7, 11) is 1.15. The zero-order chi connectivity index (χ0) is 11.6. The lowest BCUT2D eigenvalue weighted by atomic mass is 10.1. The van der Waals surface area contributed by atoms with E-state index in [1.54, 1.807) is 29.5 Å². The molecule has 0 spiro atoms. The van der Waals surface area contributed by atoms with E-state index < -0.39 is 12.4 Å². The summed E-state index contributed by atoms with van der Waals surface area (Å²) in [4.78, 5) is 15.1. The number of halogens is 3. The number of esters is 1. The fourth-order valence-electron chi connectivity index (χ4n) is 1.13. The molecule has 0 radical (unpaired) electrons. The van der Waals surface area contributed by atoms with Crippen molar-refractivity contribution in [1.29, 1.82) is 0 Å². The maximum Gasteiger partial charge on any atom is 0.338 e. The Morgan fingerprint density at radius 1 is 1.60 bits per heavy atom. The van der Waals surface area contributed by atoms with Crippen LogP contribution in [0.5, 0.6) is 0 Å². The third kappa shape index (κ3) is 2.61. The molecule has 0 unspecified atom stereocenters. The van der Waals surface area contributed by atoms with Gasteiger partial charge in [-0.25, -0.2) is 18.6 Å². The first-order chi connectivity index (χ1) is 6.97. The van der Waals surface area contributed by atoms with Crippen LogP contribution in [0.2, 0.25) is 0 Å². The van der Waals surface area contributed by atoms with Crippen molar-refractivity contribution in [3.05, 3.63) is 26.6 Å². The lowest BCUT2D eigenvalue weighted by Gasteiger charge is -2.09. The molecule has 0 bridgehead atoms. The molecular formula is C9H8F2INO2. The van der Waals surface area contributed by atoms with Crippen LogP contribution in [-0.4, -0.2) is 18.1 Å². The summed E-state index contributed by atoms with van der Waals surface area (Å²) in [6, 6.07) is 1.30. The summed E-state index contributed by atoms with van der Waals surface area (Å²) < 4.78 is 29.9. The first kappa shape index (κ1) is 12.3. The number of ether oxygens (including phenoxy) is 1. The van der Waals surface area contributed by atoms with E-state index in [0.29, 0.717) is 5.69 Å². The van der Waals surface area contributed by atoms with Crippen molar-refractivity contribution in [1.82, 2.24) is 4.98 Å². The second-order valence-corrected chi connectivity index (χ2v) is 3.83. The average Bonchev–Trinajstić information content (AvgIpc) is 2.14. The van der Waals surface area contributed by atoms with Crippen LogP contribution >= 0.6 is 22.6 Å². The van der Waals surface area contributed by atoms with Crippen LogP contribution in [0.1, 0.15) is 28.0 Å². The number of pyridine rings is 1. The van der Waals surface area contributed by atoms with E-state index in [2.05, 4.69) is 9.72 Å². The summed E-state index contributed by atoms with van der Waals surface area (Å²) in [5.74, 6) is -0.770. The number of hydrogen-bond donors (Lipinski definition) is 0. The van der Waals surface area contributed by atoms with Crippen molar-refractivity contribution in [3.8, 4) is 0 Å². The largest absolute Gasteiger partial charge is 0.465 e. The maximum atomic E-state index is 12.7. The first-order valence-corrected chi connectivity index (χ1v) is 5.08. The van der Waals surface area contributed by atoms with E-state index >= 15 is 0 Å². The molecule has 0 aliphatic carbocycles. The molecule has 1 aromatic heterocycles. The maximum absolute atomic E-state index is 12.7. The van der Waals surface area contributed by atoms with Crippen LogP contribution < -0.4 is 0 Å². The van der Waals surface area contributed by atoms with Crippen LogP contribution in [0.25, 0.3) is 0 Å². The van der Waals surface area contributed by atoms with Crippen LogP contribution in [0.3, 0.4) is 0 Å². The number of methoxy groups -OCH3 is 1. The molecule has 0 aliphatic rings. The van der Waals surface area contributed by atoms with Gasteiger partial charge in [0.25, 0.3) is 6.43 Å². The number of alkyl halides is 2. The number of aryl methyl sites for hydroxylation is 1. The van der Waals surface area contributed by atoms with Crippen molar-refractivity contribution in [3.63, 3.8) is 0 Å². The van der Waals surface area contributed by atoms with E-state index in [1.807, 2.05) is 0 Å². The lowest BCUT2D eigenvalue weighted by molar-refractivity contribution is 0.0588. The summed E-state index contributed by atoms with van der Waals surface area (Å²) in [6.07, 6.45) is -2.74. The highest BCUT2D eigenvalue weighted by Crippen LogP contribution is 2.27. The average molecular weight is 327 g/mol. The van der Waals surface area contributed by atoms with Gasteiger partial charge in [0.2, 0.25) is 0 Å². The minimum absolute atomic E-state index is 0.121. The van der Waals surface area contributed by atoms with Gasteiger partial charge in [-0.05, 0) is 35.6 Å². The van der Waals surface area contributed by atoms with Gasteiger partial charge in [-0.3, -0.25) is 0 Å². The van der Waals surface area contributed by atoms with Crippen molar-refractivity contribution >= 4 is 28.6 Å². The van der Waals surface area contributed by atoms with Crippen LogP contribution in [0.4, 0.5) is 8.78 Å². The zero-order valence-electron chi connectivity index (χ0n) is 8.05. The minimum Gasteiger partial charge on any atom is -0.465 e. The second-order valence-electron chi connectivity index (χ2n) is 2.81. The van der Waals surface area contributed by atoms with Crippen molar-refractivity contribution in [2.24, 2.45) is 0 Å². The fourth-order valence-corrected chi connectivity index (χ4v) is 2.04. The number of carbonyl (C=O) groups is 1. The van der Waals surface area contributed by atoms with Gasteiger partial charge in [0.15, 0.2) is 0 Å². The Morgan fingerprint density at radius 3 is 2.67 bits per heavy atom. The monoisotopic (exact) mass is 327 g/mol. The predicted molar refractivity (Wildman–Crippen MR) is 58.0 cm³/mol. The molecule has 1 heterocycles. The molecule has 0 aromatic carbocycles. The molecule has 15 heavy (non-hydrogen) atoms. The molecular weight excluding hydrogens is 319 g/mol. The number of carbonyl (C=O) groups excluding carboxylic acids is 1. The number of nitrogens with zero attached hydrogens (tertiary/aromatic N) is 1. The number of rotatable bonds is 2. The van der Waals surface area contributed by atoms with Gasteiger partial charge in [0.05, 0.1) is 18.2 Å². The van der Waals surface area contributed by atoms with Gasteiger partial charge in [-0.1, -0.05) is 0 Å². The molecule has 1 aromatic rings. The molecule has 0 aliphatic heterocycles. The van der Waals surface area contributed by atoms with Gasteiger partial charge in [0, 0.05) is 5.69 Å². The van der Waals surface area contributed by atoms with E-state index in [9.17, 15) is 13.6 Å². The first-order valence-electron chi connectivity index (χ1n) is 4.01. The Labute approximate surface area is 99.0 Å². The van der Waals surface area contributed by atoms with E-state index in [4.69, 9.17) is 0 Å². The van der Waals surface area contributed by atoms with E-state index in [1.165, 1.54) is 6.07 Å². The topological polar surface area (TPSA) is 39.2 Å². The predicted octanol–water partition coefficient (Wildman–Crippen LogP) is 2.72. The van der Waals surface area contributed by atoms with Gasteiger partial charge >= 0.3 is 5.97 Å². The molecule has 0 saturated heterocycles.